The third kappa shape index (κ3) is 2.49. The maximum absolute atomic E-state index is 10.6. The molecule has 1 aliphatic rings. The number of halogens is 1. The van der Waals surface area contributed by atoms with Crippen LogP contribution in [-0.2, 0) is 9.57 Å². The summed E-state index contributed by atoms with van der Waals surface area (Å²) in [7, 11) is 1.44. The molecule has 4 N–H and O–H groups in total. The lowest BCUT2D eigenvalue weighted by Crippen LogP contribution is -2.44. The monoisotopic (exact) mass is 389 g/mol. The third-order valence-electron chi connectivity index (χ3n) is 3.80. The first-order valence-corrected chi connectivity index (χ1v) is 7.55. The van der Waals surface area contributed by atoms with Gasteiger partial charge in [0.05, 0.1) is 19.1 Å². The number of anilines is 1. The zero-order valence-electron chi connectivity index (χ0n) is 12.3. The molecule has 0 bridgehead atoms. The summed E-state index contributed by atoms with van der Waals surface area (Å²) < 4.78 is 7.31. The minimum absolute atomic E-state index is 0.363. The summed E-state index contributed by atoms with van der Waals surface area (Å²) in [4.78, 5) is 13.1. The molecule has 1 fully saturated rings. The molecule has 11 heteroatoms. The lowest BCUT2D eigenvalue weighted by Gasteiger charge is -2.26. The zero-order chi connectivity index (χ0) is 16.8. The van der Waals surface area contributed by atoms with Gasteiger partial charge in [0, 0.05) is 0 Å². The smallest absolute Gasteiger partial charge is 0.183 e. The van der Waals surface area contributed by atoms with Crippen LogP contribution in [0.25, 0.3) is 11.0 Å². The van der Waals surface area contributed by atoms with Crippen LogP contribution in [0.2, 0.25) is 0 Å². The van der Waals surface area contributed by atoms with Crippen LogP contribution in [0.1, 0.15) is 13.2 Å². The molecule has 1 saturated heterocycles. The second-order valence-corrected chi connectivity index (χ2v) is 6.09. The Hall–Kier alpha value is -1.37. The van der Waals surface area contributed by atoms with Crippen molar-refractivity contribution in [3.63, 3.8) is 0 Å². The fourth-order valence-corrected chi connectivity index (χ4v) is 3.15. The number of ether oxygens (including phenoxy) is 1. The van der Waals surface area contributed by atoms with E-state index in [0.717, 1.165) is 0 Å². The van der Waals surface area contributed by atoms with Crippen LogP contribution < -0.4 is 5.48 Å². The van der Waals surface area contributed by atoms with Crippen LogP contribution in [0.15, 0.2) is 10.9 Å². The summed E-state index contributed by atoms with van der Waals surface area (Å²) >= 11 is 3.31. The molecular formula is C12H16BrN5O5. The Kier molecular flexibility index (Phi) is 4.25. The molecule has 126 valence electrons. The first-order chi connectivity index (χ1) is 10.9. The Morgan fingerprint density at radius 1 is 1.52 bits per heavy atom. The fraction of sp³-hybridized carbons (Fsp3) is 0.583. The highest BCUT2D eigenvalue weighted by atomic mass is 79.9. The maximum atomic E-state index is 10.6. The molecule has 0 saturated carbocycles. The molecule has 0 spiro atoms. The molecule has 4 atom stereocenters. The standard InChI is InChI=1S/C12H16BrN5O5/c1-12(21)7(20)5(3-19)23-11(12)18-10-6(8(13)16-18)9(17-22-2)14-4-15-10/h4-5,7,11,19-21H,3H2,1-2H3,(H,14,15,17)/t5-,7-,11?,12-/m1/s1. The molecule has 0 aliphatic carbocycles. The normalized spacial score (nSPS) is 31.0. The average molecular weight is 390 g/mol. The first kappa shape index (κ1) is 16.5. The molecule has 1 aliphatic heterocycles. The third-order valence-corrected chi connectivity index (χ3v) is 4.36. The van der Waals surface area contributed by atoms with Gasteiger partial charge in [-0.15, -0.1) is 0 Å². The van der Waals surface area contributed by atoms with Crippen molar-refractivity contribution in [3.8, 4) is 0 Å². The van der Waals surface area contributed by atoms with Crippen molar-refractivity contribution in [1.82, 2.24) is 19.7 Å². The van der Waals surface area contributed by atoms with Gasteiger partial charge in [-0.2, -0.15) is 5.10 Å². The van der Waals surface area contributed by atoms with Gasteiger partial charge in [0.15, 0.2) is 17.7 Å². The molecule has 0 aromatic carbocycles. The van der Waals surface area contributed by atoms with Crippen molar-refractivity contribution in [2.45, 2.75) is 31.0 Å². The van der Waals surface area contributed by atoms with E-state index in [9.17, 15) is 15.3 Å². The highest BCUT2D eigenvalue weighted by molar-refractivity contribution is 9.10. The largest absolute Gasteiger partial charge is 0.394 e. The number of fused-ring (bicyclic) bond motifs is 1. The Balaban J connectivity index is 2.13. The number of nitrogens with one attached hydrogen (secondary N) is 1. The Labute approximate surface area is 139 Å². The predicted octanol–water partition coefficient (Wildman–Crippen LogP) is -0.436. The number of aliphatic hydroxyl groups excluding tert-OH is 2. The summed E-state index contributed by atoms with van der Waals surface area (Å²) in [6.45, 7) is 0.981. The molecule has 0 radical (unpaired) electrons. The highest BCUT2D eigenvalue weighted by Crippen LogP contribution is 2.40. The van der Waals surface area contributed by atoms with Crippen molar-refractivity contribution >= 4 is 32.8 Å². The Bertz CT molecular complexity index is 723. The molecule has 0 amide bonds. The van der Waals surface area contributed by atoms with Crippen LogP contribution in [0, 0.1) is 0 Å². The van der Waals surface area contributed by atoms with E-state index < -0.39 is 30.6 Å². The van der Waals surface area contributed by atoms with Gasteiger partial charge in [-0.25, -0.2) is 20.1 Å². The summed E-state index contributed by atoms with van der Waals surface area (Å²) in [5.74, 6) is 0.382. The van der Waals surface area contributed by atoms with E-state index in [2.05, 4.69) is 36.5 Å². The van der Waals surface area contributed by atoms with Gasteiger partial charge >= 0.3 is 0 Å². The van der Waals surface area contributed by atoms with E-state index in [0.29, 0.717) is 21.5 Å². The summed E-state index contributed by atoms with van der Waals surface area (Å²) in [6, 6.07) is 0. The van der Waals surface area contributed by atoms with E-state index in [1.54, 1.807) is 0 Å². The fourth-order valence-electron chi connectivity index (χ4n) is 2.62. The first-order valence-electron chi connectivity index (χ1n) is 6.76. The van der Waals surface area contributed by atoms with Gasteiger partial charge in [-0.05, 0) is 22.9 Å². The number of hydrogen-bond donors (Lipinski definition) is 4. The lowest BCUT2D eigenvalue weighted by atomic mass is 9.97. The molecule has 3 heterocycles. The molecular weight excluding hydrogens is 374 g/mol. The van der Waals surface area contributed by atoms with E-state index in [1.807, 2.05) is 0 Å². The van der Waals surface area contributed by atoms with Crippen LogP contribution in [-0.4, -0.2) is 66.6 Å². The minimum Gasteiger partial charge on any atom is -0.394 e. The molecule has 3 rings (SSSR count). The number of rotatable bonds is 4. The minimum atomic E-state index is -1.66. The van der Waals surface area contributed by atoms with Gasteiger partial charge in [0.1, 0.15) is 28.7 Å². The number of nitrogens with zero attached hydrogens (tertiary/aromatic N) is 4. The van der Waals surface area contributed by atoms with E-state index in [4.69, 9.17) is 9.57 Å². The van der Waals surface area contributed by atoms with Crippen LogP contribution in [0.5, 0.6) is 0 Å². The van der Waals surface area contributed by atoms with E-state index in [1.165, 1.54) is 25.0 Å². The zero-order valence-corrected chi connectivity index (χ0v) is 13.9. The predicted molar refractivity (Wildman–Crippen MR) is 81.3 cm³/mol. The van der Waals surface area contributed by atoms with Crippen molar-refractivity contribution in [2.24, 2.45) is 0 Å². The van der Waals surface area contributed by atoms with Gasteiger partial charge in [-0.3, -0.25) is 4.84 Å². The Morgan fingerprint density at radius 3 is 2.87 bits per heavy atom. The highest BCUT2D eigenvalue weighted by Gasteiger charge is 2.53. The summed E-state index contributed by atoms with van der Waals surface area (Å²) in [5, 5.41) is 34.8. The van der Waals surface area contributed by atoms with E-state index in [-0.39, 0.29) is 0 Å². The molecule has 23 heavy (non-hydrogen) atoms. The Morgan fingerprint density at radius 2 is 2.26 bits per heavy atom. The van der Waals surface area contributed by atoms with Gasteiger partial charge in [0.25, 0.3) is 0 Å². The molecule has 1 unspecified atom stereocenters. The van der Waals surface area contributed by atoms with Crippen molar-refractivity contribution in [1.29, 1.82) is 0 Å². The number of aliphatic hydroxyl groups is 3. The van der Waals surface area contributed by atoms with Crippen molar-refractivity contribution in [3.05, 3.63) is 10.9 Å². The number of aromatic nitrogens is 4. The van der Waals surface area contributed by atoms with E-state index >= 15 is 0 Å². The van der Waals surface area contributed by atoms with Crippen LogP contribution in [0.4, 0.5) is 5.82 Å². The second kappa shape index (κ2) is 5.92. The van der Waals surface area contributed by atoms with Crippen molar-refractivity contribution < 1.29 is 24.9 Å². The average Bonchev–Trinajstić information content (AvgIpc) is 2.96. The quantitative estimate of drug-likeness (QED) is 0.513. The van der Waals surface area contributed by atoms with Gasteiger partial charge in [-0.1, -0.05) is 0 Å². The van der Waals surface area contributed by atoms with Gasteiger partial charge in [0.2, 0.25) is 0 Å². The maximum Gasteiger partial charge on any atom is 0.183 e. The van der Waals surface area contributed by atoms with Crippen LogP contribution in [0.3, 0.4) is 0 Å². The number of hydrogen-bond acceptors (Lipinski definition) is 9. The molecule has 2 aromatic rings. The SMILES string of the molecule is CONc1ncnc2c1c(Br)nn2C1O[C@H](CO)[C@@H](O)[C@@]1(C)O. The summed E-state index contributed by atoms with van der Waals surface area (Å²) in [5.41, 5.74) is 1.32. The topological polar surface area (TPSA) is 135 Å². The molecule has 2 aromatic heterocycles. The lowest BCUT2D eigenvalue weighted by molar-refractivity contribution is -0.100. The van der Waals surface area contributed by atoms with Gasteiger partial charge < -0.3 is 20.1 Å². The van der Waals surface area contributed by atoms with Crippen LogP contribution >= 0.6 is 15.9 Å². The molecule has 10 nitrogen and oxygen atoms in total. The summed E-state index contributed by atoms with van der Waals surface area (Å²) in [6.07, 6.45) is -1.92. The second-order valence-electron chi connectivity index (χ2n) is 5.34. The van der Waals surface area contributed by atoms with Crippen molar-refractivity contribution in [2.75, 3.05) is 19.2 Å².